The van der Waals surface area contributed by atoms with E-state index in [1.165, 1.54) is 193 Å². The Morgan fingerprint density at radius 1 is 0.429 bits per heavy atom. The van der Waals surface area contributed by atoms with Gasteiger partial charge in [0.25, 0.3) is 0 Å². The first kappa shape index (κ1) is 54.9. The van der Waals surface area contributed by atoms with Gasteiger partial charge in [-0.15, -0.1) is 0 Å². The molecule has 0 aromatic rings. The monoisotopic (exact) mass is 794 g/mol. The van der Waals surface area contributed by atoms with Gasteiger partial charge in [0, 0.05) is 12.8 Å². The van der Waals surface area contributed by atoms with Crippen LogP contribution in [-0.4, -0.2) is 47.4 Å². The van der Waals surface area contributed by atoms with Crippen LogP contribution in [0.1, 0.15) is 284 Å². The Labute approximate surface area is 349 Å². The predicted octanol–water partition coefficient (Wildman–Crippen LogP) is 14.8. The van der Waals surface area contributed by atoms with Gasteiger partial charge in [-0.1, -0.05) is 245 Å². The second-order valence-corrected chi connectivity index (χ2v) is 17.5. The minimum atomic E-state index is -0.674. The van der Waals surface area contributed by atoms with Crippen molar-refractivity contribution in [1.82, 2.24) is 5.32 Å². The molecule has 0 spiro atoms. The smallest absolute Gasteiger partial charge is 0.305 e. The molecule has 3 N–H and O–H groups in total. The van der Waals surface area contributed by atoms with Gasteiger partial charge in [-0.25, -0.2) is 0 Å². The van der Waals surface area contributed by atoms with E-state index in [2.05, 4.69) is 19.2 Å². The van der Waals surface area contributed by atoms with Crippen LogP contribution in [0.15, 0.2) is 0 Å². The van der Waals surface area contributed by atoms with Crippen molar-refractivity contribution < 1.29 is 24.5 Å². The Hall–Kier alpha value is -1.14. The molecule has 0 aliphatic carbocycles. The highest BCUT2D eigenvalue weighted by Crippen LogP contribution is 2.17. The van der Waals surface area contributed by atoms with E-state index < -0.39 is 12.1 Å². The second kappa shape index (κ2) is 46.5. The van der Waals surface area contributed by atoms with Crippen molar-refractivity contribution in [3.05, 3.63) is 0 Å². The number of hydrogen-bond acceptors (Lipinski definition) is 5. The van der Waals surface area contributed by atoms with E-state index in [9.17, 15) is 19.8 Å². The molecule has 0 aromatic carbocycles. The molecule has 0 heterocycles. The van der Waals surface area contributed by atoms with E-state index in [4.69, 9.17) is 4.74 Å². The third-order valence-corrected chi connectivity index (χ3v) is 11.9. The molecule has 0 bridgehead atoms. The van der Waals surface area contributed by atoms with Crippen molar-refractivity contribution in [3.63, 3.8) is 0 Å². The van der Waals surface area contributed by atoms with Crippen LogP contribution in [0.3, 0.4) is 0 Å². The first-order chi connectivity index (χ1) is 27.5. The molecule has 0 rings (SSSR count). The van der Waals surface area contributed by atoms with E-state index >= 15 is 0 Å². The summed E-state index contributed by atoms with van der Waals surface area (Å²) in [5.41, 5.74) is 0. The van der Waals surface area contributed by atoms with Gasteiger partial charge in [-0.05, 0) is 25.7 Å². The van der Waals surface area contributed by atoms with Gasteiger partial charge < -0.3 is 20.3 Å². The van der Waals surface area contributed by atoms with Gasteiger partial charge >= 0.3 is 5.97 Å². The third kappa shape index (κ3) is 42.5. The fourth-order valence-electron chi connectivity index (χ4n) is 7.99. The number of hydrogen-bond donors (Lipinski definition) is 3. The topological polar surface area (TPSA) is 95.9 Å². The molecule has 0 radical (unpaired) electrons. The molecule has 334 valence electrons. The van der Waals surface area contributed by atoms with Gasteiger partial charge in [0.15, 0.2) is 0 Å². The molecule has 0 aliphatic rings. The average Bonchev–Trinajstić information content (AvgIpc) is 3.20. The van der Waals surface area contributed by atoms with Crippen LogP contribution in [0.5, 0.6) is 0 Å². The summed E-state index contributed by atoms with van der Waals surface area (Å²) in [5, 5.41) is 23.2. The number of rotatable bonds is 47. The largest absolute Gasteiger partial charge is 0.466 e. The highest BCUT2D eigenvalue weighted by molar-refractivity contribution is 5.76. The minimum Gasteiger partial charge on any atom is -0.466 e. The maximum atomic E-state index is 12.4. The SMILES string of the molecule is CCCCCCCCCCCCCCCCCCC(O)C(CO)NC(=O)CCCCCCCCCCCCCOC(=O)CCCCCCCCCCCCCC. The maximum Gasteiger partial charge on any atom is 0.305 e. The number of amides is 1. The van der Waals surface area contributed by atoms with E-state index in [1.807, 2.05) is 0 Å². The molecule has 6 nitrogen and oxygen atoms in total. The van der Waals surface area contributed by atoms with Crippen molar-refractivity contribution in [3.8, 4) is 0 Å². The van der Waals surface area contributed by atoms with Crippen LogP contribution in [0.25, 0.3) is 0 Å². The Morgan fingerprint density at radius 2 is 0.732 bits per heavy atom. The van der Waals surface area contributed by atoms with Gasteiger partial charge in [0.05, 0.1) is 25.4 Å². The number of nitrogens with one attached hydrogen (secondary N) is 1. The van der Waals surface area contributed by atoms with Crippen LogP contribution in [-0.2, 0) is 14.3 Å². The van der Waals surface area contributed by atoms with Gasteiger partial charge in [0.1, 0.15) is 0 Å². The predicted molar refractivity (Wildman–Crippen MR) is 241 cm³/mol. The molecule has 0 fully saturated rings. The summed E-state index contributed by atoms with van der Waals surface area (Å²) in [6.45, 7) is 4.92. The zero-order valence-corrected chi connectivity index (χ0v) is 37.9. The van der Waals surface area contributed by atoms with Crippen molar-refractivity contribution in [2.75, 3.05) is 13.2 Å². The van der Waals surface area contributed by atoms with Gasteiger partial charge in [-0.3, -0.25) is 9.59 Å². The average molecular weight is 794 g/mol. The Balaban J connectivity index is 3.46. The molecular formula is C50H99NO5. The quantitative estimate of drug-likeness (QED) is 0.0421. The Morgan fingerprint density at radius 3 is 1.09 bits per heavy atom. The number of ether oxygens (including phenoxy) is 1. The highest BCUT2D eigenvalue weighted by Gasteiger charge is 2.20. The maximum absolute atomic E-state index is 12.4. The van der Waals surface area contributed by atoms with Crippen molar-refractivity contribution in [2.24, 2.45) is 0 Å². The van der Waals surface area contributed by atoms with E-state index in [0.717, 1.165) is 57.8 Å². The number of esters is 1. The molecule has 2 atom stereocenters. The Bertz CT molecular complexity index is 791. The molecule has 0 saturated carbocycles. The minimum absolute atomic E-state index is 0.0123. The number of carbonyl (C=O) groups is 2. The zero-order valence-electron chi connectivity index (χ0n) is 37.9. The normalized spacial score (nSPS) is 12.6. The number of unbranched alkanes of at least 4 members (excludes halogenated alkanes) is 36. The second-order valence-electron chi connectivity index (χ2n) is 17.5. The molecule has 56 heavy (non-hydrogen) atoms. The Kier molecular flexibility index (Phi) is 45.6. The van der Waals surface area contributed by atoms with Crippen LogP contribution < -0.4 is 5.32 Å². The van der Waals surface area contributed by atoms with E-state index in [-0.39, 0.29) is 18.5 Å². The summed E-state index contributed by atoms with van der Waals surface area (Å²) >= 11 is 0. The summed E-state index contributed by atoms with van der Waals surface area (Å²) in [6, 6.07) is -0.553. The van der Waals surface area contributed by atoms with Gasteiger partial charge in [-0.2, -0.15) is 0 Å². The standard InChI is InChI=1S/C50H99NO5/c1-3-5-7-9-11-13-15-17-18-19-20-22-26-30-34-38-42-48(53)47(46-52)51-49(54)43-39-35-31-27-23-21-25-29-33-37-41-45-56-50(55)44-40-36-32-28-24-16-14-12-10-8-6-4-2/h47-48,52-53H,3-46H2,1-2H3,(H,51,54). The van der Waals surface area contributed by atoms with Crippen molar-refractivity contribution in [1.29, 1.82) is 0 Å². The molecule has 1 amide bonds. The molecule has 2 unspecified atom stereocenters. The summed E-state index contributed by atoms with van der Waals surface area (Å²) in [6.07, 6.45) is 50.6. The van der Waals surface area contributed by atoms with Crippen molar-refractivity contribution in [2.45, 2.75) is 296 Å². The number of aliphatic hydroxyl groups excluding tert-OH is 2. The van der Waals surface area contributed by atoms with E-state index in [1.54, 1.807) is 0 Å². The molecule has 0 aliphatic heterocycles. The first-order valence-electron chi connectivity index (χ1n) is 25.3. The summed E-state index contributed by atoms with van der Waals surface area (Å²) < 4.78 is 5.45. The summed E-state index contributed by atoms with van der Waals surface area (Å²) in [5.74, 6) is -0.0637. The number of aliphatic hydroxyl groups is 2. The van der Waals surface area contributed by atoms with Crippen LogP contribution in [0.2, 0.25) is 0 Å². The van der Waals surface area contributed by atoms with Crippen LogP contribution >= 0.6 is 0 Å². The fourth-order valence-corrected chi connectivity index (χ4v) is 7.99. The molecular weight excluding hydrogens is 695 g/mol. The van der Waals surface area contributed by atoms with Gasteiger partial charge in [0.2, 0.25) is 5.91 Å². The zero-order chi connectivity index (χ0) is 40.8. The fraction of sp³-hybridized carbons (Fsp3) is 0.960. The third-order valence-electron chi connectivity index (χ3n) is 11.9. The van der Waals surface area contributed by atoms with Crippen molar-refractivity contribution >= 4 is 11.9 Å². The highest BCUT2D eigenvalue weighted by atomic mass is 16.5. The summed E-state index contributed by atoms with van der Waals surface area (Å²) in [7, 11) is 0. The number of carbonyl (C=O) groups excluding carboxylic acids is 2. The molecule has 0 aromatic heterocycles. The lowest BCUT2D eigenvalue weighted by Crippen LogP contribution is -2.45. The van der Waals surface area contributed by atoms with Crippen LogP contribution in [0, 0.1) is 0 Å². The van der Waals surface area contributed by atoms with Crippen LogP contribution in [0.4, 0.5) is 0 Å². The first-order valence-corrected chi connectivity index (χ1v) is 25.3. The lowest BCUT2D eigenvalue weighted by molar-refractivity contribution is -0.143. The summed E-state index contributed by atoms with van der Waals surface area (Å²) in [4.78, 5) is 24.4. The lowest BCUT2D eigenvalue weighted by atomic mass is 10.0. The lowest BCUT2D eigenvalue weighted by Gasteiger charge is -2.22. The molecule has 0 saturated heterocycles. The molecule has 6 heteroatoms. The van der Waals surface area contributed by atoms with E-state index in [0.29, 0.717) is 25.9 Å².